The highest BCUT2D eigenvalue weighted by atomic mass is 16.4. The van der Waals surface area contributed by atoms with Gasteiger partial charge in [0.2, 0.25) is 0 Å². The lowest BCUT2D eigenvalue weighted by molar-refractivity contribution is 0.0696. The Bertz CT molecular complexity index is 488. The summed E-state index contributed by atoms with van der Waals surface area (Å²) in [5.41, 5.74) is 0.661. The number of aromatic nitrogens is 1. The molecule has 0 aliphatic heterocycles. The minimum absolute atomic E-state index is 0.153. The van der Waals surface area contributed by atoms with Crippen LogP contribution in [0.25, 0.3) is 0 Å². The molecule has 0 spiro atoms. The molecule has 0 bridgehead atoms. The second-order valence-electron chi connectivity index (χ2n) is 4.23. The van der Waals surface area contributed by atoms with Crippen LogP contribution in [0.4, 0.5) is 4.79 Å². The van der Waals surface area contributed by atoms with Crippen LogP contribution in [0.1, 0.15) is 29.4 Å². The minimum atomic E-state index is -1.01. The highest BCUT2D eigenvalue weighted by molar-refractivity contribution is 5.87. The SMILES string of the molecule is C=CCN(CCC)C(=O)NCc1cc(C(=O)O)ccn1. The zero-order chi connectivity index (χ0) is 15.0. The van der Waals surface area contributed by atoms with Gasteiger partial charge in [0.05, 0.1) is 17.8 Å². The van der Waals surface area contributed by atoms with Gasteiger partial charge in [-0.2, -0.15) is 0 Å². The van der Waals surface area contributed by atoms with Crippen LogP contribution in [0.2, 0.25) is 0 Å². The van der Waals surface area contributed by atoms with Crippen molar-refractivity contribution in [2.45, 2.75) is 19.9 Å². The molecular weight excluding hydrogens is 258 g/mol. The molecule has 0 atom stereocenters. The highest BCUT2D eigenvalue weighted by Gasteiger charge is 2.11. The lowest BCUT2D eigenvalue weighted by Gasteiger charge is -2.20. The number of carbonyl (C=O) groups excluding carboxylic acids is 1. The topological polar surface area (TPSA) is 82.5 Å². The number of aromatic carboxylic acids is 1. The monoisotopic (exact) mass is 277 g/mol. The van der Waals surface area contributed by atoms with Crippen molar-refractivity contribution in [3.63, 3.8) is 0 Å². The molecule has 6 heteroatoms. The molecule has 2 N–H and O–H groups in total. The summed E-state index contributed by atoms with van der Waals surface area (Å²) in [6.45, 7) is 6.91. The van der Waals surface area contributed by atoms with E-state index in [1.807, 2.05) is 6.92 Å². The average Bonchev–Trinajstić information content (AvgIpc) is 2.45. The number of rotatable bonds is 7. The molecule has 0 radical (unpaired) electrons. The third-order valence-electron chi connectivity index (χ3n) is 2.61. The molecule has 1 rings (SSSR count). The summed E-state index contributed by atoms with van der Waals surface area (Å²) in [6.07, 6.45) is 3.94. The molecule has 2 amide bonds. The molecule has 0 aromatic carbocycles. The molecule has 1 aromatic heterocycles. The summed E-state index contributed by atoms with van der Waals surface area (Å²) in [5.74, 6) is -1.01. The van der Waals surface area contributed by atoms with E-state index in [9.17, 15) is 9.59 Å². The van der Waals surface area contributed by atoms with Crippen molar-refractivity contribution in [1.29, 1.82) is 0 Å². The van der Waals surface area contributed by atoms with Gasteiger partial charge in [-0.15, -0.1) is 6.58 Å². The number of carbonyl (C=O) groups is 2. The Morgan fingerprint density at radius 3 is 2.90 bits per heavy atom. The molecule has 6 nitrogen and oxygen atoms in total. The molecule has 0 aliphatic rings. The van der Waals surface area contributed by atoms with Gasteiger partial charge < -0.3 is 15.3 Å². The van der Waals surface area contributed by atoms with Gasteiger partial charge in [-0.1, -0.05) is 13.0 Å². The Morgan fingerprint density at radius 2 is 2.30 bits per heavy atom. The Kier molecular flexibility index (Phi) is 6.22. The molecule has 0 unspecified atom stereocenters. The predicted molar refractivity (Wildman–Crippen MR) is 75.5 cm³/mol. The Balaban J connectivity index is 2.61. The van der Waals surface area contributed by atoms with Crippen molar-refractivity contribution in [3.05, 3.63) is 42.2 Å². The van der Waals surface area contributed by atoms with Crippen LogP contribution in [-0.2, 0) is 6.54 Å². The lowest BCUT2D eigenvalue weighted by atomic mass is 10.2. The fourth-order valence-electron chi connectivity index (χ4n) is 1.69. The van der Waals surface area contributed by atoms with Gasteiger partial charge in [0.25, 0.3) is 0 Å². The van der Waals surface area contributed by atoms with Crippen molar-refractivity contribution in [1.82, 2.24) is 15.2 Å². The number of hydrogen-bond donors (Lipinski definition) is 2. The van der Waals surface area contributed by atoms with Gasteiger partial charge in [-0.25, -0.2) is 9.59 Å². The number of carboxylic acid groups (broad SMARTS) is 1. The van der Waals surface area contributed by atoms with Crippen LogP contribution in [-0.4, -0.2) is 40.1 Å². The maximum Gasteiger partial charge on any atom is 0.335 e. The van der Waals surface area contributed by atoms with Gasteiger partial charge in [-0.05, 0) is 18.6 Å². The third kappa shape index (κ3) is 4.72. The first-order valence-corrected chi connectivity index (χ1v) is 6.40. The first-order valence-electron chi connectivity index (χ1n) is 6.40. The summed E-state index contributed by atoms with van der Waals surface area (Å²) >= 11 is 0. The number of nitrogens with one attached hydrogen (secondary N) is 1. The maximum atomic E-state index is 11.9. The summed E-state index contributed by atoms with van der Waals surface area (Å²) in [6, 6.07) is 2.64. The third-order valence-corrected chi connectivity index (χ3v) is 2.61. The molecule has 1 heterocycles. The molecule has 108 valence electrons. The lowest BCUT2D eigenvalue weighted by Crippen LogP contribution is -2.40. The fourth-order valence-corrected chi connectivity index (χ4v) is 1.69. The molecule has 0 aliphatic carbocycles. The van der Waals surface area contributed by atoms with E-state index in [1.54, 1.807) is 11.0 Å². The van der Waals surface area contributed by atoms with E-state index in [4.69, 9.17) is 5.11 Å². The Labute approximate surface area is 118 Å². The quantitative estimate of drug-likeness (QED) is 0.745. The van der Waals surface area contributed by atoms with Crippen LogP contribution in [0, 0.1) is 0 Å². The molecule has 0 fully saturated rings. The molecular formula is C14H19N3O3. The van der Waals surface area contributed by atoms with Crippen molar-refractivity contribution >= 4 is 12.0 Å². The maximum absolute atomic E-state index is 11.9. The number of pyridine rings is 1. The van der Waals surface area contributed by atoms with Crippen LogP contribution in [0.5, 0.6) is 0 Å². The summed E-state index contributed by atoms with van der Waals surface area (Å²) in [5, 5.41) is 11.6. The number of urea groups is 1. The fraction of sp³-hybridized carbons (Fsp3) is 0.357. The summed E-state index contributed by atoms with van der Waals surface area (Å²) in [7, 11) is 0. The summed E-state index contributed by atoms with van der Waals surface area (Å²) < 4.78 is 0. The van der Waals surface area contributed by atoms with Crippen molar-refractivity contribution in [3.8, 4) is 0 Å². The van der Waals surface area contributed by atoms with Crippen LogP contribution >= 0.6 is 0 Å². The van der Waals surface area contributed by atoms with Gasteiger partial charge in [0.15, 0.2) is 0 Å². The largest absolute Gasteiger partial charge is 0.478 e. The van der Waals surface area contributed by atoms with Gasteiger partial charge in [-0.3, -0.25) is 4.98 Å². The molecule has 20 heavy (non-hydrogen) atoms. The second-order valence-corrected chi connectivity index (χ2v) is 4.23. The average molecular weight is 277 g/mol. The molecule has 0 saturated carbocycles. The zero-order valence-corrected chi connectivity index (χ0v) is 11.5. The predicted octanol–water partition coefficient (Wildman–Crippen LogP) is 1.89. The number of amides is 2. The van der Waals surface area contributed by atoms with Crippen molar-refractivity contribution < 1.29 is 14.7 Å². The first-order chi connectivity index (χ1) is 9.58. The Hall–Kier alpha value is -2.37. The van der Waals surface area contributed by atoms with Gasteiger partial charge in [0.1, 0.15) is 0 Å². The van der Waals surface area contributed by atoms with E-state index >= 15 is 0 Å². The van der Waals surface area contributed by atoms with Gasteiger partial charge in [0, 0.05) is 19.3 Å². The summed E-state index contributed by atoms with van der Waals surface area (Å²) in [4.78, 5) is 28.4. The normalized spacial score (nSPS) is 9.85. The van der Waals surface area contributed by atoms with Gasteiger partial charge >= 0.3 is 12.0 Å². The van der Waals surface area contributed by atoms with E-state index in [-0.39, 0.29) is 18.1 Å². The van der Waals surface area contributed by atoms with Crippen LogP contribution in [0.3, 0.4) is 0 Å². The Morgan fingerprint density at radius 1 is 1.55 bits per heavy atom. The second kappa shape index (κ2) is 7.93. The zero-order valence-electron chi connectivity index (χ0n) is 11.5. The number of nitrogens with zero attached hydrogens (tertiary/aromatic N) is 2. The van der Waals surface area contributed by atoms with Crippen LogP contribution in [0.15, 0.2) is 31.0 Å². The highest BCUT2D eigenvalue weighted by Crippen LogP contribution is 2.02. The van der Waals surface area contributed by atoms with E-state index < -0.39 is 5.97 Å². The van der Waals surface area contributed by atoms with E-state index in [0.29, 0.717) is 18.8 Å². The smallest absolute Gasteiger partial charge is 0.335 e. The van der Waals surface area contributed by atoms with E-state index in [0.717, 1.165) is 6.42 Å². The van der Waals surface area contributed by atoms with Crippen molar-refractivity contribution in [2.75, 3.05) is 13.1 Å². The molecule has 0 saturated heterocycles. The van der Waals surface area contributed by atoms with E-state index in [2.05, 4.69) is 16.9 Å². The number of carboxylic acids is 1. The van der Waals surface area contributed by atoms with Crippen molar-refractivity contribution in [2.24, 2.45) is 0 Å². The van der Waals surface area contributed by atoms with Crippen LogP contribution < -0.4 is 5.32 Å². The minimum Gasteiger partial charge on any atom is -0.478 e. The van der Waals surface area contributed by atoms with E-state index in [1.165, 1.54) is 18.3 Å². The standard InChI is InChI=1S/C14H19N3O3/c1-3-7-17(8-4-2)14(20)16-10-12-9-11(13(18)19)5-6-15-12/h3,5-6,9H,1,4,7-8,10H2,2H3,(H,16,20)(H,18,19). The molecule has 1 aromatic rings. The number of hydrogen-bond acceptors (Lipinski definition) is 3. The first kappa shape index (κ1) is 15.7.